The first-order chi connectivity index (χ1) is 6.61. The molecule has 78 valence electrons. The van der Waals surface area contributed by atoms with Crippen molar-refractivity contribution in [2.24, 2.45) is 5.73 Å². The molecule has 3 N–H and O–H groups in total. The number of aryl methyl sites for hydroxylation is 1. The number of aromatic amines is 1. The molecule has 0 aliphatic heterocycles. The molecule has 1 unspecified atom stereocenters. The summed E-state index contributed by atoms with van der Waals surface area (Å²) in [6.45, 7) is 3.96. The Morgan fingerprint density at radius 3 is 2.93 bits per heavy atom. The molecule has 14 heavy (non-hydrogen) atoms. The SMILES string of the molecule is CCCc1cc(=O)[nH]c(CC(C)N)n1. The summed E-state index contributed by atoms with van der Waals surface area (Å²) in [5.74, 6) is 0.691. The zero-order chi connectivity index (χ0) is 10.6. The van der Waals surface area contributed by atoms with Crippen molar-refractivity contribution in [3.05, 3.63) is 27.9 Å². The van der Waals surface area contributed by atoms with E-state index in [-0.39, 0.29) is 11.6 Å². The number of nitrogens with one attached hydrogen (secondary N) is 1. The maximum Gasteiger partial charge on any atom is 0.251 e. The van der Waals surface area contributed by atoms with Crippen molar-refractivity contribution in [2.75, 3.05) is 0 Å². The standard InChI is InChI=1S/C10H17N3O/c1-3-4-8-6-10(14)13-9(12-8)5-7(2)11/h6-7H,3-5,11H2,1-2H3,(H,12,13,14). The predicted octanol–water partition coefficient (Wildman–Crippen LogP) is 0.612. The first kappa shape index (κ1) is 10.9. The van der Waals surface area contributed by atoms with Gasteiger partial charge in [-0.2, -0.15) is 0 Å². The van der Waals surface area contributed by atoms with Crippen LogP contribution in [0.2, 0.25) is 0 Å². The van der Waals surface area contributed by atoms with E-state index >= 15 is 0 Å². The Labute approximate surface area is 83.6 Å². The highest BCUT2D eigenvalue weighted by molar-refractivity contribution is 5.03. The fraction of sp³-hybridized carbons (Fsp3) is 0.600. The third kappa shape index (κ3) is 3.30. The molecular formula is C10H17N3O. The van der Waals surface area contributed by atoms with Gasteiger partial charge in [0.15, 0.2) is 0 Å². The van der Waals surface area contributed by atoms with Crippen molar-refractivity contribution in [3.63, 3.8) is 0 Å². The summed E-state index contributed by atoms with van der Waals surface area (Å²) in [5, 5.41) is 0. The Hall–Kier alpha value is -1.16. The van der Waals surface area contributed by atoms with Gasteiger partial charge in [-0.1, -0.05) is 13.3 Å². The van der Waals surface area contributed by atoms with E-state index in [1.165, 1.54) is 0 Å². The van der Waals surface area contributed by atoms with E-state index in [9.17, 15) is 4.79 Å². The van der Waals surface area contributed by atoms with E-state index in [4.69, 9.17) is 5.73 Å². The Kier molecular flexibility index (Phi) is 3.83. The van der Waals surface area contributed by atoms with Crippen LogP contribution >= 0.6 is 0 Å². The highest BCUT2D eigenvalue weighted by atomic mass is 16.1. The van der Waals surface area contributed by atoms with Crippen LogP contribution in [0.5, 0.6) is 0 Å². The first-order valence-corrected chi connectivity index (χ1v) is 4.96. The van der Waals surface area contributed by atoms with Gasteiger partial charge in [-0.3, -0.25) is 4.79 Å². The normalized spacial score (nSPS) is 12.8. The highest BCUT2D eigenvalue weighted by Gasteiger charge is 2.03. The number of aromatic nitrogens is 2. The molecule has 1 heterocycles. The minimum absolute atomic E-state index is 0.0232. The molecule has 1 rings (SSSR count). The summed E-state index contributed by atoms with van der Waals surface area (Å²) in [6, 6.07) is 1.57. The lowest BCUT2D eigenvalue weighted by Crippen LogP contribution is -2.22. The van der Waals surface area contributed by atoms with Gasteiger partial charge in [-0.15, -0.1) is 0 Å². The Morgan fingerprint density at radius 1 is 1.64 bits per heavy atom. The quantitative estimate of drug-likeness (QED) is 0.739. The molecule has 4 heteroatoms. The molecule has 0 bridgehead atoms. The number of rotatable bonds is 4. The van der Waals surface area contributed by atoms with Gasteiger partial charge in [0.05, 0.1) is 0 Å². The minimum atomic E-state index is -0.0842. The summed E-state index contributed by atoms with van der Waals surface area (Å²) in [5.41, 5.74) is 6.41. The molecule has 0 fully saturated rings. The average Bonchev–Trinajstić information content (AvgIpc) is 2.01. The fourth-order valence-corrected chi connectivity index (χ4v) is 1.35. The predicted molar refractivity (Wildman–Crippen MR) is 56.2 cm³/mol. The summed E-state index contributed by atoms with van der Waals surface area (Å²) in [6.07, 6.45) is 2.46. The number of nitrogens with zero attached hydrogens (tertiary/aromatic N) is 1. The number of hydrogen-bond acceptors (Lipinski definition) is 3. The van der Waals surface area contributed by atoms with Gasteiger partial charge in [0.2, 0.25) is 0 Å². The highest BCUT2D eigenvalue weighted by Crippen LogP contribution is 1.98. The van der Waals surface area contributed by atoms with Crippen LogP contribution in [-0.2, 0) is 12.8 Å². The zero-order valence-electron chi connectivity index (χ0n) is 8.71. The van der Waals surface area contributed by atoms with Crippen molar-refractivity contribution in [2.45, 2.75) is 39.2 Å². The van der Waals surface area contributed by atoms with Crippen molar-refractivity contribution < 1.29 is 0 Å². The molecule has 1 aromatic rings. The molecule has 0 spiro atoms. The summed E-state index contributed by atoms with van der Waals surface area (Å²) in [4.78, 5) is 18.2. The number of nitrogens with two attached hydrogens (primary N) is 1. The Balaban J connectivity index is 2.89. The maximum atomic E-state index is 11.2. The molecule has 4 nitrogen and oxygen atoms in total. The second-order valence-corrected chi connectivity index (χ2v) is 3.61. The van der Waals surface area contributed by atoms with Gasteiger partial charge in [-0.25, -0.2) is 4.98 Å². The third-order valence-electron chi connectivity index (χ3n) is 1.87. The Morgan fingerprint density at radius 2 is 2.36 bits per heavy atom. The van der Waals surface area contributed by atoms with E-state index in [0.29, 0.717) is 12.2 Å². The van der Waals surface area contributed by atoms with Crippen molar-refractivity contribution >= 4 is 0 Å². The molecule has 0 radical (unpaired) electrons. The van der Waals surface area contributed by atoms with Crippen LogP contribution in [0.3, 0.4) is 0 Å². The van der Waals surface area contributed by atoms with Crippen LogP contribution in [0.15, 0.2) is 10.9 Å². The molecule has 1 aromatic heterocycles. The first-order valence-electron chi connectivity index (χ1n) is 4.96. The van der Waals surface area contributed by atoms with Gasteiger partial charge < -0.3 is 10.7 Å². The summed E-state index contributed by atoms with van der Waals surface area (Å²) in [7, 11) is 0. The van der Waals surface area contributed by atoms with Crippen LogP contribution < -0.4 is 11.3 Å². The van der Waals surface area contributed by atoms with Gasteiger partial charge in [0.1, 0.15) is 5.82 Å². The van der Waals surface area contributed by atoms with E-state index in [0.717, 1.165) is 18.5 Å². The van der Waals surface area contributed by atoms with Gasteiger partial charge in [0, 0.05) is 24.2 Å². The molecule has 0 aliphatic carbocycles. The van der Waals surface area contributed by atoms with Crippen molar-refractivity contribution in [1.82, 2.24) is 9.97 Å². The second-order valence-electron chi connectivity index (χ2n) is 3.61. The van der Waals surface area contributed by atoms with Crippen LogP contribution in [0, 0.1) is 0 Å². The third-order valence-corrected chi connectivity index (χ3v) is 1.87. The Bertz CT molecular complexity index is 343. The van der Waals surface area contributed by atoms with Crippen LogP contribution in [0.1, 0.15) is 31.8 Å². The smallest absolute Gasteiger partial charge is 0.251 e. The molecule has 0 aliphatic rings. The van der Waals surface area contributed by atoms with E-state index in [1.807, 2.05) is 6.92 Å². The van der Waals surface area contributed by atoms with Crippen LogP contribution in [-0.4, -0.2) is 16.0 Å². The number of H-pyrrole nitrogens is 1. The van der Waals surface area contributed by atoms with E-state index in [2.05, 4.69) is 16.9 Å². The van der Waals surface area contributed by atoms with Crippen LogP contribution in [0.4, 0.5) is 0 Å². The molecule has 0 aromatic carbocycles. The van der Waals surface area contributed by atoms with Gasteiger partial charge in [-0.05, 0) is 13.3 Å². The van der Waals surface area contributed by atoms with Gasteiger partial charge >= 0.3 is 0 Å². The summed E-state index contributed by atoms with van der Waals surface area (Å²) >= 11 is 0. The largest absolute Gasteiger partial charge is 0.328 e. The molecule has 1 atom stereocenters. The lowest BCUT2D eigenvalue weighted by molar-refractivity contribution is 0.689. The zero-order valence-corrected chi connectivity index (χ0v) is 8.71. The van der Waals surface area contributed by atoms with Gasteiger partial charge in [0.25, 0.3) is 5.56 Å². The molecule has 0 saturated carbocycles. The molecular weight excluding hydrogens is 178 g/mol. The second kappa shape index (κ2) is 4.91. The minimum Gasteiger partial charge on any atom is -0.328 e. The van der Waals surface area contributed by atoms with Crippen molar-refractivity contribution in [3.8, 4) is 0 Å². The lowest BCUT2D eigenvalue weighted by Gasteiger charge is -2.05. The monoisotopic (exact) mass is 195 g/mol. The molecule has 0 saturated heterocycles. The lowest BCUT2D eigenvalue weighted by atomic mass is 10.2. The molecule has 0 amide bonds. The number of hydrogen-bond donors (Lipinski definition) is 2. The average molecular weight is 195 g/mol. The van der Waals surface area contributed by atoms with Crippen LogP contribution in [0.25, 0.3) is 0 Å². The topological polar surface area (TPSA) is 71.8 Å². The fourth-order valence-electron chi connectivity index (χ4n) is 1.35. The summed E-state index contributed by atoms with van der Waals surface area (Å²) < 4.78 is 0. The van der Waals surface area contributed by atoms with E-state index < -0.39 is 0 Å². The maximum absolute atomic E-state index is 11.2. The van der Waals surface area contributed by atoms with E-state index in [1.54, 1.807) is 6.07 Å². The van der Waals surface area contributed by atoms with Crippen molar-refractivity contribution in [1.29, 1.82) is 0 Å².